The van der Waals surface area contributed by atoms with Crippen molar-refractivity contribution in [1.29, 1.82) is 0 Å². The summed E-state index contributed by atoms with van der Waals surface area (Å²) in [6.07, 6.45) is 1.55. The van der Waals surface area contributed by atoms with Crippen molar-refractivity contribution in [2.75, 3.05) is 6.54 Å². The zero-order valence-electron chi connectivity index (χ0n) is 5.55. The van der Waals surface area contributed by atoms with Gasteiger partial charge in [0.05, 0.1) is 6.54 Å². The van der Waals surface area contributed by atoms with Crippen molar-refractivity contribution in [1.82, 2.24) is 10.6 Å². The zero-order chi connectivity index (χ0) is 7.84. The minimum atomic E-state index is -0.423. The summed E-state index contributed by atoms with van der Waals surface area (Å²) in [7, 11) is 0. The van der Waals surface area contributed by atoms with E-state index >= 15 is 0 Å². The molecule has 2 N–H and O–H groups in total. The largest absolute Gasteiger partial charge is 0.374 e. The second kappa shape index (κ2) is 1.91. The molecule has 0 aromatic heterocycles. The van der Waals surface area contributed by atoms with Crippen molar-refractivity contribution in [3.8, 4) is 0 Å². The third kappa shape index (κ3) is 0.739. The van der Waals surface area contributed by atoms with E-state index in [0.717, 1.165) is 0 Å². The fraction of sp³-hybridized carbons (Fsp3) is 0.167. The van der Waals surface area contributed by atoms with Crippen LogP contribution >= 0.6 is 0 Å². The van der Waals surface area contributed by atoms with E-state index in [0.29, 0.717) is 6.54 Å². The average Bonchev–Trinajstić information content (AvgIpc) is 2.30. The number of amides is 2. The normalized spacial score (nSPS) is 21.5. The summed E-state index contributed by atoms with van der Waals surface area (Å²) in [6.45, 7) is 0.500. The van der Waals surface area contributed by atoms with E-state index in [1.807, 2.05) is 0 Å². The molecule has 56 valence electrons. The lowest BCUT2D eigenvalue weighted by atomic mass is 10.3. The zero-order valence-corrected chi connectivity index (χ0v) is 5.55. The number of imide groups is 1. The number of carbonyl (C=O) groups is 2. The highest BCUT2D eigenvalue weighted by molar-refractivity contribution is 6.19. The summed E-state index contributed by atoms with van der Waals surface area (Å²) >= 11 is 0. The van der Waals surface area contributed by atoms with Gasteiger partial charge >= 0.3 is 0 Å². The van der Waals surface area contributed by atoms with Crippen molar-refractivity contribution in [2.24, 2.45) is 4.99 Å². The van der Waals surface area contributed by atoms with Crippen LogP contribution in [0, 0.1) is 0 Å². The van der Waals surface area contributed by atoms with E-state index in [9.17, 15) is 9.59 Å². The maximum Gasteiger partial charge on any atom is 0.279 e. The van der Waals surface area contributed by atoms with Gasteiger partial charge in [0.25, 0.3) is 11.8 Å². The number of nitrogens with zero attached hydrogens (tertiary/aromatic N) is 1. The van der Waals surface area contributed by atoms with Crippen molar-refractivity contribution in [3.63, 3.8) is 0 Å². The van der Waals surface area contributed by atoms with Gasteiger partial charge in [-0.15, -0.1) is 0 Å². The third-order valence-corrected chi connectivity index (χ3v) is 1.50. The lowest BCUT2D eigenvalue weighted by Gasteiger charge is -2.05. The molecule has 0 aromatic rings. The van der Waals surface area contributed by atoms with Crippen LogP contribution in [0.1, 0.15) is 0 Å². The highest BCUT2D eigenvalue weighted by Gasteiger charge is 2.30. The van der Waals surface area contributed by atoms with E-state index in [4.69, 9.17) is 0 Å². The number of carbonyl (C=O) groups excluding carboxylic acids is 2. The first-order chi connectivity index (χ1) is 5.29. The van der Waals surface area contributed by atoms with Crippen molar-refractivity contribution in [3.05, 3.63) is 11.4 Å². The van der Waals surface area contributed by atoms with Gasteiger partial charge in [0.1, 0.15) is 5.70 Å². The van der Waals surface area contributed by atoms with Crippen LogP contribution < -0.4 is 10.6 Å². The predicted molar refractivity (Wildman–Crippen MR) is 36.7 cm³/mol. The molecule has 0 unspecified atom stereocenters. The summed E-state index contributed by atoms with van der Waals surface area (Å²) in [5.74, 6) is -0.810. The molecule has 2 aliphatic heterocycles. The standard InChI is InChI=1S/C6H5N3O2/c10-5-3-4(6(11)9-5)8-2-1-7-3/h1,8H,2H2,(H,9,10,11). The topological polar surface area (TPSA) is 70.6 Å². The van der Waals surface area contributed by atoms with Crippen LogP contribution in [0.5, 0.6) is 0 Å². The van der Waals surface area contributed by atoms with Crippen LogP contribution in [0.4, 0.5) is 0 Å². The number of rotatable bonds is 0. The average molecular weight is 151 g/mol. The van der Waals surface area contributed by atoms with Gasteiger partial charge < -0.3 is 5.32 Å². The minimum Gasteiger partial charge on any atom is -0.374 e. The van der Waals surface area contributed by atoms with Gasteiger partial charge in [0.2, 0.25) is 0 Å². The lowest BCUT2D eigenvalue weighted by Crippen LogP contribution is -2.27. The SMILES string of the molecule is O=C1NC(=O)C2=C1N=CCN2. The Labute approximate surface area is 62.2 Å². The summed E-state index contributed by atoms with van der Waals surface area (Å²) in [5.41, 5.74) is 0.485. The smallest absolute Gasteiger partial charge is 0.279 e. The molecule has 0 aliphatic carbocycles. The van der Waals surface area contributed by atoms with Crippen LogP contribution in [-0.2, 0) is 9.59 Å². The maximum absolute atomic E-state index is 10.9. The molecule has 2 amide bonds. The molecular formula is C6H5N3O2. The van der Waals surface area contributed by atoms with E-state index in [2.05, 4.69) is 15.6 Å². The first-order valence-electron chi connectivity index (χ1n) is 3.15. The molecule has 0 fully saturated rings. The Hall–Kier alpha value is -1.65. The third-order valence-electron chi connectivity index (χ3n) is 1.50. The van der Waals surface area contributed by atoms with E-state index < -0.39 is 5.91 Å². The minimum absolute atomic E-state index is 0.196. The molecule has 0 saturated carbocycles. The van der Waals surface area contributed by atoms with E-state index in [1.165, 1.54) is 0 Å². The number of hydrogen-bond donors (Lipinski definition) is 2. The fourth-order valence-electron chi connectivity index (χ4n) is 1.02. The van der Waals surface area contributed by atoms with Gasteiger partial charge in [-0.1, -0.05) is 0 Å². The fourth-order valence-corrected chi connectivity index (χ4v) is 1.02. The van der Waals surface area contributed by atoms with Crippen LogP contribution in [-0.4, -0.2) is 24.6 Å². The van der Waals surface area contributed by atoms with Gasteiger partial charge in [-0.25, -0.2) is 0 Å². The first-order valence-corrected chi connectivity index (χ1v) is 3.15. The molecule has 0 atom stereocenters. The van der Waals surface area contributed by atoms with Crippen LogP contribution in [0.15, 0.2) is 16.4 Å². The molecule has 2 rings (SSSR count). The Bertz CT molecular complexity index is 303. The molecule has 0 saturated heterocycles. The molecule has 2 aliphatic rings. The quantitative estimate of drug-likeness (QED) is 0.415. The van der Waals surface area contributed by atoms with Crippen LogP contribution in [0.25, 0.3) is 0 Å². The van der Waals surface area contributed by atoms with E-state index in [-0.39, 0.29) is 17.3 Å². The summed E-state index contributed by atoms with van der Waals surface area (Å²) in [6, 6.07) is 0. The molecule has 0 aromatic carbocycles. The van der Waals surface area contributed by atoms with E-state index in [1.54, 1.807) is 6.21 Å². The van der Waals surface area contributed by atoms with Crippen molar-refractivity contribution >= 4 is 18.0 Å². The molecule has 11 heavy (non-hydrogen) atoms. The summed E-state index contributed by atoms with van der Waals surface area (Å²) in [4.78, 5) is 25.6. The lowest BCUT2D eigenvalue weighted by molar-refractivity contribution is -0.124. The molecule has 0 bridgehead atoms. The molecule has 2 heterocycles. The predicted octanol–water partition coefficient (Wildman–Crippen LogP) is -1.47. The second-order valence-corrected chi connectivity index (χ2v) is 2.20. The monoisotopic (exact) mass is 151 g/mol. The summed E-state index contributed by atoms with van der Waals surface area (Å²) in [5, 5.41) is 4.89. The van der Waals surface area contributed by atoms with Crippen LogP contribution in [0.2, 0.25) is 0 Å². The molecule has 5 nitrogen and oxygen atoms in total. The van der Waals surface area contributed by atoms with Gasteiger partial charge in [0, 0.05) is 6.21 Å². The molecule has 0 radical (unpaired) electrons. The Balaban J connectivity index is 2.49. The number of nitrogens with one attached hydrogen (secondary N) is 2. The van der Waals surface area contributed by atoms with Gasteiger partial charge in [0.15, 0.2) is 5.70 Å². The Kier molecular flexibility index (Phi) is 1.06. The van der Waals surface area contributed by atoms with Gasteiger partial charge in [-0.05, 0) is 0 Å². The highest BCUT2D eigenvalue weighted by atomic mass is 16.2. The number of aliphatic imine (C=N–C) groups is 1. The second-order valence-electron chi connectivity index (χ2n) is 2.20. The molecule has 0 spiro atoms. The molecular weight excluding hydrogens is 146 g/mol. The number of hydrogen-bond acceptors (Lipinski definition) is 4. The Morgan fingerprint density at radius 1 is 1.36 bits per heavy atom. The Morgan fingerprint density at radius 2 is 2.18 bits per heavy atom. The van der Waals surface area contributed by atoms with Gasteiger partial charge in [-0.3, -0.25) is 19.9 Å². The Morgan fingerprint density at radius 3 is 2.91 bits per heavy atom. The maximum atomic E-state index is 10.9. The molecule has 5 heteroatoms. The highest BCUT2D eigenvalue weighted by Crippen LogP contribution is 2.12. The first kappa shape index (κ1) is 6.09. The summed E-state index contributed by atoms with van der Waals surface area (Å²) < 4.78 is 0. The van der Waals surface area contributed by atoms with Gasteiger partial charge in [-0.2, -0.15) is 0 Å². The van der Waals surface area contributed by atoms with Crippen LogP contribution in [0.3, 0.4) is 0 Å². The van der Waals surface area contributed by atoms with Crippen molar-refractivity contribution in [2.45, 2.75) is 0 Å². The van der Waals surface area contributed by atoms with Crippen molar-refractivity contribution < 1.29 is 9.59 Å².